The average molecular weight is 334 g/mol. The summed E-state index contributed by atoms with van der Waals surface area (Å²) in [6, 6.07) is 7.57. The molecule has 23 heavy (non-hydrogen) atoms. The summed E-state index contributed by atoms with van der Waals surface area (Å²) >= 11 is 6.01. The molecule has 1 saturated heterocycles. The number of aryl methyl sites for hydroxylation is 1. The maximum atomic E-state index is 12.8. The molecular formula is C17H20ClN3O2. The van der Waals surface area contributed by atoms with Gasteiger partial charge in [-0.15, -0.1) is 0 Å². The highest BCUT2D eigenvalue weighted by Gasteiger charge is 2.38. The van der Waals surface area contributed by atoms with Crippen LogP contribution in [0.25, 0.3) is 0 Å². The monoisotopic (exact) mass is 333 g/mol. The van der Waals surface area contributed by atoms with Crippen molar-refractivity contribution in [2.75, 3.05) is 13.7 Å². The summed E-state index contributed by atoms with van der Waals surface area (Å²) in [6.45, 7) is 1.11. The molecule has 122 valence electrons. The third-order valence-electron chi connectivity index (χ3n) is 4.21. The zero-order valence-electron chi connectivity index (χ0n) is 13.3. The summed E-state index contributed by atoms with van der Waals surface area (Å²) in [5.41, 5.74) is 1.01. The lowest BCUT2D eigenvalue weighted by atomic mass is 9.99. The highest BCUT2D eigenvalue weighted by atomic mass is 35.5. The minimum absolute atomic E-state index is 0.0791. The number of amides is 1. The summed E-state index contributed by atoms with van der Waals surface area (Å²) < 4.78 is 7.69. The molecular weight excluding hydrogens is 314 g/mol. The Balaban J connectivity index is 1.72. The first-order valence-corrected chi connectivity index (χ1v) is 8.02. The Morgan fingerprint density at radius 2 is 2.35 bits per heavy atom. The second kappa shape index (κ2) is 6.72. The first-order chi connectivity index (χ1) is 11.1. The Labute approximate surface area is 140 Å². The molecule has 3 rings (SSSR count). The Kier molecular flexibility index (Phi) is 4.68. The summed E-state index contributed by atoms with van der Waals surface area (Å²) in [5.74, 6) is 0.688. The molecule has 1 aromatic carbocycles. The van der Waals surface area contributed by atoms with Crippen LogP contribution in [0.3, 0.4) is 0 Å². The third kappa shape index (κ3) is 3.41. The molecule has 5 nitrogen and oxygen atoms in total. The minimum Gasteiger partial charge on any atom is -0.369 e. The van der Waals surface area contributed by atoms with Crippen LogP contribution in [0.5, 0.6) is 0 Å². The van der Waals surface area contributed by atoms with Crippen LogP contribution in [0.15, 0.2) is 36.7 Å². The van der Waals surface area contributed by atoms with Gasteiger partial charge >= 0.3 is 0 Å². The molecule has 1 aliphatic rings. The van der Waals surface area contributed by atoms with Gasteiger partial charge in [0.1, 0.15) is 11.9 Å². The normalized spacial score (nSPS) is 20.7. The molecule has 1 aliphatic heterocycles. The Bertz CT molecular complexity index is 701. The number of carbonyl (C=O) groups is 1. The first-order valence-electron chi connectivity index (χ1n) is 7.64. The van der Waals surface area contributed by atoms with Gasteiger partial charge in [0.25, 0.3) is 0 Å². The highest BCUT2D eigenvalue weighted by molar-refractivity contribution is 6.30. The molecule has 2 atom stereocenters. The van der Waals surface area contributed by atoms with Gasteiger partial charge in [-0.25, -0.2) is 4.98 Å². The van der Waals surface area contributed by atoms with Crippen LogP contribution in [0.4, 0.5) is 0 Å². The number of nitrogens with zero attached hydrogens (tertiary/aromatic N) is 3. The SMILES string of the molecule is CN(Cc1cccc(Cl)c1)C(=O)[C@@H]1CCO[C@H]1c1nccn1C. The summed E-state index contributed by atoms with van der Waals surface area (Å²) in [6.07, 6.45) is 4.04. The van der Waals surface area contributed by atoms with Crippen molar-refractivity contribution in [2.24, 2.45) is 13.0 Å². The molecule has 0 bridgehead atoms. The summed E-state index contributed by atoms with van der Waals surface area (Å²) in [4.78, 5) is 18.9. The molecule has 0 N–H and O–H groups in total. The number of imidazole rings is 1. The zero-order valence-corrected chi connectivity index (χ0v) is 14.0. The van der Waals surface area contributed by atoms with E-state index in [0.717, 1.165) is 17.8 Å². The number of rotatable bonds is 4. The molecule has 0 unspecified atom stereocenters. The van der Waals surface area contributed by atoms with E-state index < -0.39 is 0 Å². The molecule has 2 aromatic rings. The molecule has 0 aliphatic carbocycles. The van der Waals surface area contributed by atoms with Crippen LogP contribution in [0.2, 0.25) is 5.02 Å². The topological polar surface area (TPSA) is 47.4 Å². The van der Waals surface area contributed by atoms with E-state index in [0.29, 0.717) is 18.2 Å². The molecule has 1 fully saturated rings. The lowest BCUT2D eigenvalue weighted by Gasteiger charge is -2.24. The predicted octanol–water partition coefficient (Wildman–Crippen LogP) is 2.81. The van der Waals surface area contributed by atoms with E-state index >= 15 is 0 Å². The summed E-state index contributed by atoms with van der Waals surface area (Å²) in [7, 11) is 3.73. The average Bonchev–Trinajstić information content (AvgIpc) is 3.14. The fourth-order valence-corrected chi connectivity index (χ4v) is 3.23. The molecule has 2 heterocycles. The van der Waals surface area contributed by atoms with E-state index in [4.69, 9.17) is 16.3 Å². The number of benzene rings is 1. The predicted molar refractivity (Wildman–Crippen MR) is 87.9 cm³/mol. The Morgan fingerprint density at radius 1 is 1.52 bits per heavy atom. The van der Waals surface area contributed by atoms with Crippen molar-refractivity contribution in [2.45, 2.75) is 19.1 Å². The standard InChI is InChI=1S/C17H20ClN3O2/c1-20-8-7-19-16(20)15-14(6-9-23-15)17(22)21(2)11-12-4-3-5-13(18)10-12/h3-5,7-8,10,14-15H,6,9,11H2,1-2H3/t14-,15-/m1/s1. The van der Waals surface area contributed by atoms with E-state index in [2.05, 4.69) is 4.98 Å². The van der Waals surface area contributed by atoms with Crippen LogP contribution in [-0.2, 0) is 23.1 Å². The molecule has 0 radical (unpaired) electrons. The minimum atomic E-state index is -0.274. The Morgan fingerprint density at radius 3 is 3.04 bits per heavy atom. The van der Waals surface area contributed by atoms with Gasteiger partial charge in [-0.05, 0) is 24.1 Å². The van der Waals surface area contributed by atoms with Crippen molar-refractivity contribution in [3.05, 3.63) is 53.1 Å². The van der Waals surface area contributed by atoms with Gasteiger partial charge in [0.15, 0.2) is 0 Å². The van der Waals surface area contributed by atoms with Crippen LogP contribution in [0.1, 0.15) is 23.9 Å². The number of aromatic nitrogens is 2. The smallest absolute Gasteiger partial charge is 0.228 e. The van der Waals surface area contributed by atoms with Crippen molar-refractivity contribution in [3.63, 3.8) is 0 Å². The fraction of sp³-hybridized carbons (Fsp3) is 0.412. The molecule has 6 heteroatoms. The van der Waals surface area contributed by atoms with Crippen LogP contribution in [-0.4, -0.2) is 34.0 Å². The maximum absolute atomic E-state index is 12.8. The van der Waals surface area contributed by atoms with E-state index in [1.165, 1.54) is 0 Å². The molecule has 1 amide bonds. The van der Waals surface area contributed by atoms with Gasteiger partial charge < -0.3 is 14.2 Å². The molecule has 1 aromatic heterocycles. The van der Waals surface area contributed by atoms with Gasteiger partial charge in [-0.1, -0.05) is 23.7 Å². The second-order valence-electron chi connectivity index (χ2n) is 5.91. The number of carbonyl (C=O) groups excluding carboxylic acids is 1. The maximum Gasteiger partial charge on any atom is 0.228 e. The van der Waals surface area contributed by atoms with E-state index in [9.17, 15) is 4.79 Å². The zero-order chi connectivity index (χ0) is 16.4. The van der Waals surface area contributed by atoms with Crippen molar-refractivity contribution in [1.82, 2.24) is 14.5 Å². The Hall–Kier alpha value is -1.85. The number of ether oxygens (including phenoxy) is 1. The lowest BCUT2D eigenvalue weighted by molar-refractivity contribution is -0.136. The largest absolute Gasteiger partial charge is 0.369 e. The van der Waals surface area contributed by atoms with Crippen LogP contribution < -0.4 is 0 Å². The number of halogens is 1. The van der Waals surface area contributed by atoms with Crippen molar-refractivity contribution < 1.29 is 9.53 Å². The van der Waals surface area contributed by atoms with Crippen LogP contribution in [0, 0.1) is 5.92 Å². The summed E-state index contributed by atoms with van der Waals surface area (Å²) in [5, 5.41) is 0.679. The van der Waals surface area contributed by atoms with Crippen LogP contribution >= 0.6 is 11.6 Å². The fourth-order valence-electron chi connectivity index (χ4n) is 3.02. The van der Waals surface area contributed by atoms with Crippen molar-refractivity contribution in [1.29, 1.82) is 0 Å². The van der Waals surface area contributed by atoms with E-state index in [-0.39, 0.29) is 17.9 Å². The molecule has 0 saturated carbocycles. The number of hydrogen-bond donors (Lipinski definition) is 0. The first kappa shape index (κ1) is 16.0. The second-order valence-corrected chi connectivity index (χ2v) is 6.34. The van der Waals surface area contributed by atoms with Gasteiger partial charge in [0.2, 0.25) is 5.91 Å². The van der Waals surface area contributed by atoms with E-state index in [1.54, 1.807) is 11.1 Å². The van der Waals surface area contributed by atoms with Gasteiger partial charge in [0, 0.05) is 44.7 Å². The van der Waals surface area contributed by atoms with Gasteiger partial charge in [-0.3, -0.25) is 4.79 Å². The van der Waals surface area contributed by atoms with Gasteiger partial charge in [0.05, 0.1) is 5.92 Å². The van der Waals surface area contributed by atoms with Crippen molar-refractivity contribution in [3.8, 4) is 0 Å². The molecule has 0 spiro atoms. The third-order valence-corrected chi connectivity index (χ3v) is 4.44. The quantitative estimate of drug-likeness (QED) is 0.864. The highest BCUT2D eigenvalue weighted by Crippen LogP contribution is 2.34. The van der Waals surface area contributed by atoms with Crippen molar-refractivity contribution >= 4 is 17.5 Å². The lowest BCUT2D eigenvalue weighted by Crippen LogP contribution is -2.34. The van der Waals surface area contributed by atoms with E-state index in [1.807, 2.05) is 49.1 Å². The number of hydrogen-bond acceptors (Lipinski definition) is 3. The van der Waals surface area contributed by atoms with Gasteiger partial charge in [-0.2, -0.15) is 0 Å².